The van der Waals surface area contributed by atoms with Crippen LogP contribution in [0.3, 0.4) is 0 Å². The van der Waals surface area contributed by atoms with Gasteiger partial charge in [0.1, 0.15) is 17.3 Å². The lowest BCUT2D eigenvalue weighted by molar-refractivity contribution is -0.140. The predicted octanol–water partition coefficient (Wildman–Crippen LogP) is 3.74. The summed E-state index contributed by atoms with van der Waals surface area (Å²) in [5, 5.41) is 11.1. The van der Waals surface area contributed by atoms with Crippen molar-refractivity contribution in [1.82, 2.24) is 4.90 Å². The zero-order valence-electron chi connectivity index (χ0n) is 17.4. The molecule has 7 heteroatoms. The molecule has 0 radical (unpaired) electrons. The van der Waals surface area contributed by atoms with Gasteiger partial charge in [-0.3, -0.25) is 9.59 Å². The van der Waals surface area contributed by atoms with Gasteiger partial charge in [0.25, 0.3) is 11.7 Å². The molecule has 1 N–H and O–H groups in total. The van der Waals surface area contributed by atoms with E-state index in [1.807, 2.05) is 0 Å². The number of Topliss-reactive ketones (excluding diaryl/α,β-unsaturated/α-hetero) is 1. The van der Waals surface area contributed by atoms with Gasteiger partial charge in [-0.15, -0.1) is 0 Å². The van der Waals surface area contributed by atoms with Crippen LogP contribution in [0.25, 0.3) is 5.76 Å². The Bertz CT molecular complexity index is 1060. The fourth-order valence-corrected chi connectivity index (χ4v) is 4.18. The van der Waals surface area contributed by atoms with Crippen LogP contribution >= 0.6 is 0 Å². The molecule has 31 heavy (non-hydrogen) atoms. The first kappa shape index (κ1) is 21.1. The Balaban J connectivity index is 1.85. The van der Waals surface area contributed by atoms with Gasteiger partial charge >= 0.3 is 0 Å². The number of ether oxygens (including phenoxy) is 2. The van der Waals surface area contributed by atoms with E-state index in [1.165, 1.54) is 30.2 Å². The Morgan fingerprint density at radius 1 is 1.26 bits per heavy atom. The molecule has 2 aliphatic heterocycles. The second kappa shape index (κ2) is 8.51. The van der Waals surface area contributed by atoms with Gasteiger partial charge in [0.15, 0.2) is 0 Å². The molecule has 2 aromatic carbocycles. The molecule has 0 spiro atoms. The van der Waals surface area contributed by atoms with Crippen LogP contribution < -0.4 is 4.74 Å². The highest BCUT2D eigenvalue weighted by Gasteiger charge is 2.47. The van der Waals surface area contributed by atoms with Crippen molar-refractivity contribution in [3.63, 3.8) is 0 Å². The average molecular weight is 425 g/mol. The Labute approximate surface area is 179 Å². The standard InChI is InChI=1S/C24H24FNO5/c1-14-11-16(8-9-19(14)25)22(27)20-21(15-5-3-6-17(12-15)30-2)26(24(29)23(20)28)13-18-7-4-10-31-18/h3,5-6,8-9,11-12,18,21,27H,4,7,10,13H2,1-2H3/b22-20-. The quantitative estimate of drug-likeness (QED) is 0.449. The number of benzene rings is 2. The fourth-order valence-electron chi connectivity index (χ4n) is 4.18. The SMILES string of the molecule is COc1cccc(C2/C(=C(/O)c3ccc(F)c(C)c3)C(=O)C(=O)N2CC2CCCO2)c1. The number of nitrogens with zero attached hydrogens (tertiary/aromatic N) is 1. The molecule has 2 aromatic rings. The Kier molecular flexibility index (Phi) is 5.78. The molecule has 2 unspecified atom stereocenters. The van der Waals surface area contributed by atoms with Crippen LogP contribution in [0.4, 0.5) is 4.39 Å². The fraction of sp³-hybridized carbons (Fsp3) is 0.333. The van der Waals surface area contributed by atoms with Gasteiger partial charge < -0.3 is 19.5 Å². The molecule has 4 rings (SSSR count). The number of halogens is 1. The number of carbonyl (C=O) groups is 2. The summed E-state index contributed by atoms with van der Waals surface area (Å²) in [5.74, 6) is -1.64. The summed E-state index contributed by atoms with van der Waals surface area (Å²) in [6.07, 6.45) is 1.53. The van der Waals surface area contributed by atoms with E-state index in [9.17, 15) is 19.1 Å². The second-order valence-corrected chi connectivity index (χ2v) is 7.83. The maximum absolute atomic E-state index is 13.7. The van der Waals surface area contributed by atoms with Crippen LogP contribution in [0.5, 0.6) is 5.75 Å². The molecule has 2 saturated heterocycles. The second-order valence-electron chi connectivity index (χ2n) is 7.83. The van der Waals surface area contributed by atoms with Gasteiger partial charge in [0.2, 0.25) is 0 Å². The molecule has 2 fully saturated rings. The van der Waals surface area contributed by atoms with Crippen molar-refractivity contribution in [1.29, 1.82) is 0 Å². The van der Waals surface area contributed by atoms with Crippen LogP contribution in [-0.4, -0.2) is 48.1 Å². The molecular weight excluding hydrogens is 401 g/mol. The van der Waals surface area contributed by atoms with Crippen molar-refractivity contribution < 1.29 is 28.6 Å². The van der Waals surface area contributed by atoms with E-state index >= 15 is 0 Å². The third-order valence-corrected chi connectivity index (χ3v) is 5.81. The third-order valence-electron chi connectivity index (χ3n) is 5.81. The van der Waals surface area contributed by atoms with E-state index in [2.05, 4.69) is 0 Å². The highest BCUT2D eigenvalue weighted by atomic mass is 19.1. The normalized spacial score (nSPS) is 22.9. The van der Waals surface area contributed by atoms with E-state index in [0.29, 0.717) is 23.5 Å². The van der Waals surface area contributed by atoms with E-state index < -0.39 is 23.5 Å². The number of methoxy groups -OCH3 is 1. The van der Waals surface area contributed by atoms with Crippen molar-refractivity contribution in [3.05, 3.63) is 70.5 Å². The van der Waals surface area contributed by atoms with E-state index in [1.54, 1.807) is 31.2 Å². The molecule has 0 saturated carbocycles. The Morgan fingerprint density at radius 2 is 2.06 bits per heavy atom. The molecule has 2 atom stereocenters. The molecular formula is C24H24FNO5. The van der Waals surface area contributed by atoms with Gasteiger partial charge in [-0.25, -0.2) is 4.39 Å². The summed E-state index contributed by atoms with van der Waals surface area (Å²) < 4.78 is 24.7. The van der Waals surface area contributed by atoms with Gasteiger partial charge in [-0.2, -0.15) is 0 Å². The monoisotopic (exact) mass is 425 g/mol. The van der Waals surface area contributed by atoms with E-state index in [0.717, 1.165) is 12.8 Å². The van der Waals surface area contributed by atoms with Crippen molar-refractivity contribution in [2.24, 2.45) is 0 Å². The summed E-state index contributed by atoms with van der Waals surface area (Å²) in [6, 6.07) is 10.3. The van der Waals surface area contributed by atoms with Crippen molar-refractivity contribution in [3.8, 4) is 5.75 Å². The molecule has 1 amide bonds. The number of aliphatic hydroxyl groups is 1. The summed E-state index contributed by atoms with van der Waals surface area (Å²) in [7, 11) is 1.53. The zero-order chi connectivity index (χ0) is 22.1. The molecule has 2 heterocycles. The highest BCUT2D eigenvalue weighted by molar-refractivity contribution is 6.46. The number of aliphatic hydroxyl groups excluding tert-OH is 1. The number of rotatable bonds is 5. The highest BCUT2D eigenvalue weighted by Crippen LogP contribution is 2.41. The van der Waals surface area contributed by atoms with Gasteiger partial charge in [0.05, 0.1) is 24.8 Å². The number of likely N-dealkylation sites (tertiary alicyclic amines) is 1. The number of amides is 1. The topological polar surface area (TPSA) is 76.1 Å². The largest absolute Gasteiger partial charge is 0.507 e. The van der Waals surface area contributed by atoms with Crippen LogP contribution in [0.15, 0.2) is 48.0 Å². The summed E-state index contributed by atoms with van der Waals surface area (Å²) in [5.41, 5.74) is 1.22. The van der Waals surface area contributed by atoms with E-state index in [4.69, 9.17) is 9.47 Å². The maximum atomic E-state index is 13.7. The number of hydrogen-bond acceptors (Lipinski definition) is 5. The third kappa shape index (κ3) is 3.93. The van der Waals surface area contributed by atoms with Crippen LogP contribution in [0.2, 0.25) is 0 Å². The summed E-state index contributed by atoms with van der Waals surface area (Å²) >= 11 is 0. The lowest BCUT2D eigenvalue weighted by Crippen LogP contribution is -2.36. The zero-order valence-corrected chi connectivity index (χ0v) is 17.4. The van der Waals surface area contributed by atoms with Gasteiger partial charge in [0, 0.05) is 18.7 Å². The Morgan fingerprint density at radius 3 is 2.74 bits per heavy atom. The minimum absolute atomic E-state index is 0.0257. The average Bonchev–Trinajstić information content (AvgIpc) is 3.37. The Hall–Kier alpha value is -3.19. The maximum Gasteiger partial charge on any atom is 0.295 e. The molecule has 2 aliphatic rings. The molecule has 0 aromatic heterocycles. The van der Waals surface area contributed by atoms with E-state index in [-0.39, 0.29) is 29.5 Å². The lowest BCUT2D eigenvalue weighted by Gasteiger charge is -2.27. The lowest BCUT2D eigenvalue weighted by atomic mass is 9.94. The van der Waals surface area contributed by atoms with Crippen LogP contribution in [0, 0.1) is 12.7 Å². The molecule has 162 valence electrons. The van der Waals surface area contributed by atoms with Crippen LogP contribution in [0.1, 0.15) is 35.6 Å². The minimum atomic E-state index is -0.801. The summed E-state index contributed by atoms with van der Waals surface area (Å²) in [4.78, 5) is 27.5. The van der Waals surface area contributed by atoms with Gasteiger partial charge in [-0.1, -0.05) is 12.1 Å². The minimum Gasteiger partial charge on any atom is -0.507 e. The van der Waals surface area contributed by atoms with Crippen molar-refractivity contribution >= 4 is 17.4 Å². The number of aryl methyl sites for hydroxylation is 1. The first-order valence-corrected chi connectivity index (χ1v) is 10.2. The van der Waals surface area contributed by atoms with Crippen molar-refractivity contribution in [2.75, 3.05) is 20.3 Å². The van der Waals surface area contributed by atoms with Crippen LogP contribution in [-0.2, 0) is 14.3 Å². The summed E-state index contributed by atoms with van der Waals surface area (Å²) in [6.45, 7) is 2.43. The molecule has 0 aliphatic carbocycles. The first-order valence-electron chi connectivity index (χ1n) is 10.2. The number of hydrogen-bond donors (Lipinski definition) is 1. The van der Waals surface area contributed by atoms with Crippen molar-refractivity contribution in [2.45, 2.75) is 31.9 Å². The molecule has 6 nitrogen and oxygen atoms in total. The number of carbonyl (C=O) groups excluding carboxylic acids is 2. The molecule has 0 bridgehead atoms. The predicted molar refractivity (Wildman–Crippen MR) is 112 cm³/mol. The smallest absolute Gasteiger partial charge is 0.295 e. The van der Waals surface area contributed by atoms with Gasteiger partial charge in [-0.05, 0) is 61.2 Å². The number of ketones is 1. The first-order chi connectivity index (χ1) is 14.9.